The number of thiophene rings is 1. The SMILES string of the molecule is CCc1ccc(-c2csc3ncnc(SC(C)C(=O)Nc4nc(-c5ccccc5)cs4)c23)cc1. The molecule has 2 aromatic carbocycles. The smallest absolute Gasteiger partial charge is 0.239 e. The number of rotatable bonds is 7. The van der Waals surface area contributed by atoms with Gasteiger partial charge in [-0.3, -0.25) is 4.79 Å². The van der Waals surface area contributed by atoms with Gasteiger partial charge in [0.1, 0.15) is 16.2 Å². The van der Waals surface area contributed by atoms with Crippen molar-refractivity contribution < 1.29 is 4.79 Å². The van der Waals surface area contributed by atoms with E-state index in [-0.39, 0.29) is 11.2 Å². The van der Waals surface area contributed by atoms with E-state index in [4.69, 9.17) is 0 Å². The van der Waals surface area contributed by atoms with E-state index in [1.54, 1.807) is 17.7 Å². The largest absolute Gasteiger partial charge is 0.301 e. The third-order valence-electron chi connectivity index (χ3n) is 5.47. The van der Waals surface area contributed by atoms with Crippen LogP contribution < -0.4 is 5.32 Å². The highest BCUT2D eigenvalue weighted by Crippen LogP contribution is 2.39. The third-order valence-corrected chi connectivity index (χ3v) is 8.21. The molecule has 5 rings (SSSR count). The Morgan fingerprint density at radius 3 is 2.56 bits per heavy atom. The van der Waals surface area contributed by atoms with Crippen molar-refractivity contribution in [2.24, 2.45) is 0 Å². The second-order valence-electron chi connectivity index (χ2n) is 7.71. The molecule has 0 saturated heterocycles. The maximum absolute atomic E-state index is 13.0. The van der Waals surface area contributed by atoms with Gasteiger partial charge in [0.05, 0.1) is 16.3 Å². The Hall–Kier alpha value is -3.07. The first kappa shape index (κ1) is 22.7. The molecule has 0 saturated carbocycles. The molecular weight excluding hydrogens is 481 g/mol. The number of benzene rings is 2. The highest BCUT2D eigenvalue weighted by molar-refractivity contribution is 8.00. The van der Waals surface area contributed by atoms with E-state index in [0.29, 0.717) is 5.13 Å². The van der Waals surface area contributed by atoms with E-state index in [1.807, 2.05) is 42.6 Å². The number of carbonyl (C=O) groups excluding carboxylic acids is 1. The molecule has 3 heterocycles. The lowest BCUT2D eigenvalue weighted by atomic mass is 10.0. The van der Waals surface area contributed by atoms with Crippen molar-refractivity contribution >= 4 is 55.7 Å². The number of hydrogen-bond donors (Lipinski definition) is 1. The second kappa shape index (κ2) is 10.0. The molecule has 0 fully saturated rings. The van der Waals surface area contributed by atoms with Crippen LogP contribution in [0.3, 0.4) is 0 Å². The Morgan fingerprint density at radius 2 is 1.79 bits per heavy atom. The molecule has 1 atom stereocenters. The van der Waals surface area contributed by atoms with E-state index >= 15 is 0 Å². The van der Waals surface area contributed by atoms with E-state index in [0.717, 1.165) is 44.0 Å². The molecule has 0 aliphatic heterocycles. The quantitative estimate of drug-likeness (QED) is 0.189. The Bertz CT molecular complexity index is 1430. The van der Waals surface area contributed by atoms with Crippen molar-refractivity contribution in [3.8, 4) is 22.4 Å². The fourth-order valence-corrected chi connectivity index (χ4v) is 6.21. The Balaban J connectivity index is 1.35. The molecule has 0 spiro atoms. The molecule has 1 amide bonds. The predicted octanol–water partition coefficient (Wildman–Crippen LogP) is 7.16. The van der Waals surface area contributed by atoms with Gasteiger partial charge < -0.3 is 5.32 Å². The van der Waals surface area contributed by atoms with Crippen LogP contribution in [0.4, 0.5) is 5.13 Å². The van der Waals surface area contributed by atoms with Gasteiger partial charge in [-0.05, 0) is 24.5 Å². The van der Waals surface area contributed by atoms with E-state index in [2.05, 4.69) is 56.8 Å². The normalized spacial score (nSPS) is 12.1. The fraction of sp³-hybridized carbons (Fsp3) is 0.154. The first-order chi connectivity index (χ1) is 16.6. The maximum Gasteiger partial charge on any atom is 0.239 e. The molecule has 0 aliphatic carbocycles. The van der Waals surface area contributed by atoms with Crippen LogP contribution in [-0.2, 0) is 11.2 Å². The molecule has 3 aromatic heterocycles. The number of aryl methyl sites for hydroxylation is 1. The number of nitrogens with zero attached hydrogens (tertiary/aromatic N) is 3. The van der Waals surface area contributed by atoms with Gasteiger partial charge in [-0.1, -0.05) is 73.3 Å². The summed E-state index contributed by atoms with van der Waals surface area (Å²) in [6, 6.07) is 18.5. The van der Waals surface area contributed by atoms with Gasteiger partial charge in [-0.15, -0.1) is 22.7 Å². The minimum Gasteiger partial charge on any atom is -0.301 e. The van der Waals surface area contributed by atoms with Gasteiger partial charge in [-0.2, -0.15) is 0 Å². The average molecular weight is 503 g/mol. The maximum atomic E-state index is 13.0. The van der Waals surface area contributed by atoms with Crippen LogP contribution in [0.1, 0.15) is 19.4 Å². The molecule has 1 unspecified atom stereocenters. The number of hydrogen-bond acceptors (Lipinski definition) is 7. The van der Waals surface area contributed by atoms with Gasteiger partial charge in [0.25, 0.3) is 0 Å². The number of carbonyl (C=O) groups is 1. The Morgan fingerprint density at radius 1 is 1.00 bits per heavy atom. The lowest BCUT2D eigenvalue weighted by molar-refractivity contribution is -0.115. The van der Waals surface area contributed by atoms with Crippen LogP contribution in [0, 0.1) is 0 Å². The summed E-state index contributed by atoms with van der Waals surface area (Å²) >= 11 is 4.47. The van der Waals surface area contributed by atoms with Crippen LogP contribution in [0.2, 0.25) is 0 Å². The lowest BCUT2D eigenvalue weighted by Crippen LogP contribution is -2.22. The van der Waals surface area contributed by atoms with E-state index in [9.17, 15) is 4.79 Å². The fourth-order valence-electron chi connectivity index (χ4n) is 3.57. The zero-order chi connectivity index (χ0) is 23.5. The number of nitrogens with one attached hydrogen (secondary N) is 1. The minimum absolute atomic E-state index is 0.102. The first-order valence-corrected chi connectivity index (χ1v) is 13.6. The van der Waals surface area contributed by atoms with Crippen LogP contribution in [-0.4, -0.2) is 26.1 Å². The van der Waals surface area contributed by atoms with Gasteiger partial charge >= 0.3 is 0 Å². The molecule has 0 aliphatic rings. The summed E-state index contributed by atoms with van der Waals surface area (Å²) in [5, 5.41) is 9.10. The van der Waals surface area contributed by atoms with Crippen LogP contribution in [0.5, 0.6) is 0 Å². The zero-order valence-corrected chi connectivity index (χ0v) is 21.1. The van der Waals surface area contributed by atoms with Gasteiger partial charge in [0.2, 0.25) is 5.91 Å². The number of amides is 1. The molecule has 0 bridgehead atoms. The summed E-state index contributed by atoms with van der Waals surface area (Å²) in [4.78, 5) is 27.4. The molecule has 170 valence electrons. The average Bonchev–Trinajstić information content (AvgIpc) is 3.52. The molecule has 0 radical (unpaired) electrons. The van der Waals surface area contributed by atoms with Crippen LogP contribution in [0.15, 0.2) is 76.7 Å². The van der Waals surface area contributed by atoms with E-state index in [1.165, 1.54) is 28.7 Å². The van der Waals surface area contributed by atoms with Crippen molar-refractivity contribution in [3.05, 3.63) is 77.2 Å². The second-order valence-corrected chi connectivity index (χ2v) is 10.8. The van der Waals surface area contributed by atoms with Crippen molar-refractivity contribution in [2.75, 3.05) is 5.32 Å². The summed E-state index contributed by atoms with van der Waals surface area (Å²) < 4.78 is 0. The van der Waals surface area contributed by atoms with E-state index < -0.39 is 0 Å². The van der Waals surface area contributed by atoms with Crippen molar-refractivity contribution in [3.63, 3.8) is 0 Å². The Kier molecular flexibility index (Phi) is 6.71. The summed E-state index contributed by atoms with van der Waals surface area (Å²) in [6.45, 7) is 4.04. The van der Waals surface area contributed by atoms with Gasteiger partial charge in [-0.25, -0.2) is 15.0 Å². The molecule has 8 heteroatoms. The number of fused-ring (bicyclic) bond motifs is 1. The summed E-state index contributed by atoms with van der Waals surface area (Å²) in [7, 11) is 0. The van der Waals surface area contributed by atoms with Gasteiger partial charge in [0, 0.05) is 21.9 Å². The highest BCUT2D eigenvalue weighted by Gasteiger charge is 2.21. The molecule has 1 N–H and O–H groups in total. The third kappa shape index (κ3) is 4.75. The van der Waals surface area contributed by atoms with Crippen LogP contribution >= 0.6 is 34.4 Å². The molecule has 34 heavy (non-hydrogen) atoms. The topological polar surface area (TPSA) is 67.8 Å². The molecule has 5 aromatic rings. The standard InChI is InChI=1S/C26H22N4OS3/c1-3-17-9-11-18(12-10-17)20-13-32-24-22(20)25(28-15-27-24)34-16(2)23(31)30-26-29-21(14-33-26)19-7-5-4-6-8-19/h4-16H,3H2,1-2H3,(H,29,30,31). The molecular formula is C26H22N4OS3. The molecule has 5 nitrogen and oxygen atoms in total. The first-order valence-electron chi connectivity index (χ1n) is 10.9. The number of thiazole rings is 1. The number of thioether (sulfide) groups is 1. The van der Waals surface area contributed by atoms with Gasteiger partial charge in [0.15, 0.2) is 5.13 Å². The highest BCUT2D eigenvalue weighted by atomic mass is 32.2. The minimum atomic E-state index is -0.350. The monoisotopic (exact) mass is 502 g/mol. The predicted molar refractivity (Wildman–Crippen MR) is 144 cm³/mol. The summed E-state index contributed by atoms with van der Waals surface area (Å²) in [5.41, 5.74) is 5.42. The van der Waals surface area contributed by atoms with Crippen molar-refractivity contribution in [1.29, 1.82) is 0 Å². The number of anilines is 1. The Labute approximate surface area is 210 Å². The van der Waals surface area contributed by atoms with Crippen molar-refractivity contribution in [1.82, 2.24) is 15.0 Å². The summed E-state index contributed by atoms with van der Waals surface area (Å²) in [5.74, 6) is -0.102. The zero-order valence-electron chi connectivity index (χ0n) is 18.7. The van der Waals surface area contributed by atoms with Crippen molar-refractivity contribution in [2.45, 2.75) is 30.5 Å². The summed E-state index contributed by atoms with van der Waals surface area (Å²) in [6.07, 6.45) is 2.58. The van der Waals surface area contributed by atoms with Crippen LogP contribution in [0.25, 0.3) is 32.6 Å². The lowest BCUT2D eigenvalue weighted by Gasteiger charge is -2.11. The number of aromatic nitrogens is 3.